The number of nitrogens with zero attached hydrogens (tertiary/aromatic N) is 6. The van der Waals surface area contributed by atoms with Gasteiger partial charge in [-0.1, -0.05) is 6.07 Å². The molecule has 7 heteroatoms. The van der Waals surface area contributed by atoms with Gasteiger partial charge in [-0.2, -0.15) is 5.10 Å². The molecular formula is C24H32N6O. The number of hydrogen-bond donors (Lipinski definition) is 0. The Morgan fingerprint density at radius 3 is 2.48 bits per heavy atom. The molecule has 5 fully saturated rings. The minimum Gasteiger partial charge on any atom is -0.340 e. The molecule has 2 unspecified atom stereocenters. The molecule has 0 radical (unpaired) electrons. The van der Waals surface area contributed by atoms with Gasteiger partial charge in [0.25, 0.3) is 0 Å². The zero-order valence-electron chi connectivity index (χ0n) is 18.4. The molecule has 164 valence electrons. The molecule has 1 aliphatic heterocycles. The van der Waals surface area contributed by atoms with Gasteiger partial charge in [-0.3, -0.25) is 14.7 Å². The highest BCUT2D eigenvalue weighted by molar-refractivity contribution is 5.83. The van der Waals surface area contributed by atoms with Crippen LogP contribution in [0.25, 0.3) is 0 Å². The Kier molecular flexibility index (Phi) is 4.46. The predicted molar refractivity (Wildman–Crippen MR) is 116 cm³/mol. The molecule has 31 heavy (non-hydrogen) atoms. The number of pyridine rings is 1. The third-order valence-electron chi connectivity index (χ3n) is 8.35. The van der Waals surface area contributed by atoms with E-state index in [9.17, 15) is 4.79 Å². The highest BCUT2D eigenvalue weighted by Gasteiger charge is 2.62. The van der Waals surface area contributed by atoms with E-state index in [0.717, 1.165) is 63.5 Å². The molecule has 2 aromatic rings. The van der Waals surface area contributed by atoms with Crippen molar-refractivity contribution in [2.75, 3.05) is 26.2 Å². The van der Waals surface area contributed by atoms with Crippen molar-refractivity contribution in [3.8, 4) is 0 Å². The highest BCUT2D eigenvalue weighted by Crippen LogP contribution is 2.64. The molecule has 7 nitrogen and oxygen atoms in total. The van der Waals surface area contributed by atoms with Crippen molar-refractivity contribution in [2.24, 2.45) is 17.3 Å². The second-order valence-corrected chi connectivity index (χ2v) is 10.6. The minimum absolute atomic E-state index is 0.00179. The maximum Gasteiger partial charge on any atom is 0.228 e. The van der Waals surface area contributed by atoms with Crippen molar-refractivity contribution in [1.29, 1.82) is 0 Å². The molecule has 1 saturated heterocycles. The van der Waals surface area contributed by atoms with Gasteiger partial charge in [-0.15, -0.1) is 0 Å². The van der Waals surface area contributed by atoms with Crippen LogP contribution in [-0.2, 0) is 16.9 Å². The number of rotatable bonds is 4. The van der Waals surface area contributed by atoms with Gasteiger partial charge in [0.1, 0.15) is 12.2 Å². The third-order valence-corrected chi connectivity index (χ3v) is 8.35. The van der Waals surface area contributed by atoms with Crippen molar-refractivity contribution in [2.45, 2.75) is 57.5 Å². The Morgan fingerprint density at radius 2 is 1.84 bits per heavy atom. The van der Waals surface area contributed by atoms with Crippen LogP contribution in [0.5, 0.6) is 0 Å². The van der Waals surface area contributed by atoms with Crippen molar-refractivity contribution < 1.29 is 4.79 Å². The van der Waals surface area contributed by atoms with Crippen LogP contribution in [0.15, 0.2) is 30.7 Å². The van der Waals surface area contributed by atoms with Gasteiger partial charge >= 0.3 is 0 Å². The van der Waals surface area contributed by atoms with Crippen LogP contribution in [0, 0.1) is 24.2 Å². The van der Waals surface area contributed by atoms with E-state index in [4.69, 9.17) is 5.10 Å². The first-order valence-corrected chi connectivity index (χ1v) is 11.8. The van der Waals surface area contributed by atoms with Gasteiger partial charge < -0.3 is 4.90 Å². The van der Waals surface area contributed by atoms with Gasteiger partial charge in [0.2, 0.25) is 5.91 Å². The van der Waals surface area contributed by atoms with E-state index < -0.39 is 0 Å². The molecule has 1 amide bonds. The molecule has 4 bridgehead atoms. The average molecular weight is 421 g/mol. The van der Waals surface area contributed by atoms with E-state index >= 15 is 0 Å². The van der Waals surface area contributed by atoms with E-state index in [0.29, 0.717) is 17.7 Å². The Labute approximate surface area is 183 Å². The van der Waals surface area contributed by atoms with Crippen LogP contribution in [0.3, 0.4) is 0 Å². The minimum atomic E-state index is -0.187. The van der Waals surface area contributed by atoms with E-state index in [1.54, 1.807) is 0 Å². The van der Waals surface area contributed by atoms with Crippen molar-refractivity contribution in [3.63, 3.8) is 0 Å². The predicted octanol–water partition coefficient (Wildman–Crippen LogP) is 2.62. The summed E-state index contributed by atoms with van der Waals surface area (Å²) in [5.41, 5.74) is 0.919. The van der Waals surface area contributed by atoms with Gasteiger partial charge in [0.15, 0.2) is 0 Å². The molecule has 2 atom stereocenters. The maximum atomic E-state index is 13.9. The second kappa shape index (κ2) is 7.12. The first-order valence-electron chi connectivity index (χ1n) is 11.8. The highest BCUT2D eigenvalue weighted by atomic mass is 16.2. The lowest BCUT2D eigenvalue weighted by molar-refractivity contribution is -0.168. The van der Waals surface area contributed by atoms with Crippen LogP contribution < -0.4 is 0 Å². The van der Waals surface area contributed by atoms with Crippen molar-refractivity contribution in [3.05, 3.63) is 42.2 Å². The SMILES string of the molecule is Cc1ncn(C23CC4CC(CC(C(=O)N5CCN(Cc6ccccn6)CC5)(C4)C2)C3)n1. The standard InChI is InChI=1S/C24H32N6O/c1-18-26-17-30(27-18)24-13-19-10-20(14-24)12-23(11-19,16-24)22(31)29-8-6-28(7-9-29)15-21-4-2-3-5-25-21/h2-5,17,19-20H,6-16H2,1H3. The molecule has 0 aromatic carbocycles. The summed E-state index contributed by atoms with van der Waals surface area (Å²) in [6, 6.07) is 6.08. The normalized spacial score (nSPS) is 34.9. The summed E-state index contributed by atoms with van der Waals surface area (Å²) in [7, 11) is 0. The lowest BCUT2D eigenvalue weighted by Crippen LogP contribution is -2.62. The van der Waals surface area contributed by atoms with E-state index in [-0.39, 0.29) is 11.0 Å². The monoisotopic (exact) mass is 420 g/mol. The fourth-order valence-corrected chi connectivity index (χ4v) is 7.47. The first-order chi connectivity index (χ1) is 15.0. The smallest absolute Gasteiger partial charge is 0.228 e. The van der Waals surface area contributed by atoms with E-state index in [1.807, 2.05) is 31.6 Å². The van der Waals surface area contributed by atoms with Gasteiger partial charge in [0.05, 0.1) is 16.6 Å². The second-order valence-electron chi connectivity index (χ2n) is 10.6. The number of carbonyl (C=O) groups excluding carboxylic acids is 1. The Bertz CT molecular complexity index is 949. The fraction of sp³-hybridized carbons (Fsp3) is 0.667. The van der Waals surface area contributed by atoms with Gasteiger partial charge in [0, 0.05) is 38.9 Å². The number of hydrogen-bond acceptors (Lipinski definition) is 5. The van der Waals surface area contributed by atoms with Gasteiger partial charge in [-0.25, -0.2) is 9.67 Å². The van der Waals surface area contributed by atoms with Gasteiger partial charge in [-0.05, 0) is 69.4 Å². The molecule has 0 spiro atoms. The summed E-state index contributed by atoms with van der Waals surface area (Å²) in [4.78, 5) is 27.4. The molecule has 2 aromatic heterocycles. The van der Waals surface area contributed by atoms with Crippen LogP contribution >= 0.6 is 0 Å². The lowest BCUT2D eigenvalue weighted by Gasteiger charge is -2.61. The van der Waals surface area contributed by atoms with Crippen molar-refractivity contribution in [1.82, 2.24) is 29.5 Å². The molecule has 4 aliphatic carbocycles. The number of aromatic nitrogens is 4. The summed E-state index contributed by atoms with van der Waals surface area (Å²) in [5, 5.41) is 4.72. The average Bonchev–Trinajstić information content (AvgIpc) is 3.21. The topological polar surface area (TPSA) is 67.2 Å². The summed E-state index contributed by atoms with van der Waals surface area (Å²) < 4.78 is 2.13. The largest absolute Gasteiger partial charge is 0.340 e. The number of aryl methyl sites for hydroxylation is 1. The van der Waals surface area contributed by atoms with Crippen molar-refractivity contribution >= 4 is 5.91 Å². The lowest BCUT2D eigenvalue weighted by atomic mass is 9.46. The van der Waals surface area contributed by atoms with Crippen LogP contribution in [0.1, 0.15) is 50.0 Å². The molecule has 4 saturated carbocycles. The summed E-state index contributed by atoms with van der Waals surface area (Å²) in [5.74, 6) is 2.56. The first kappa shape index (κ1) is 19.4. The molecule has 3 heterocycles. The Morgan fingerprint density at radius 1 is 1.06 bits per heavy atom. The Balaban J connectivity index is 1.18. The number of amides is 1. The Hall–Kier alpha value is -2.28. The van der Waals surface area contributed by atoms with E-state index in [1.165, 1.54) is 19.3 Å². The van der Waals surface area contributed by atoms with Crippen LogP contribution in [0.4, 0.5) is 0 Å². The summed E-state index contributed by atoms with van der Waals surface area (Å²) >= 11 is 0. The fourth-order valence-electron chi connectivity index (χ4n) is 7.47. The van der Waals surface area contributed by atoms with E-state index in [2.05, 4.69) is 30.5 Å². The summed E-state index contributed by atoms with van der Waals surface area (Å²) in [6.45, 7) is 6.35. The van der Waals surface area contributed by atoms with Crippen LogP contribution in [-0.4, -0.2) is 61.6 Å². The third kappa shape index (κ3) is 3.28. The maximum absolute atomic E-state index is 13.9. The van der Waals surface area contributed by atoms with Crippen LogP contribution in [0.2, 0.25) is 0 Å². The quantitative estimate of drug-likeness (QED) is 0.761. The molecule has 5 aliphatic rings. The zero-order valence-corrected chi connectivity index (χ0v) is 18.4. The number of carbonyl (C=O) groups is 1. The molecule has 7 rings (SSSR count). The summed E-state index contributed by atoms with van der Waals surface area (Å²) in [6.07, 6.45) is 10.5. The zero-order chi connectivity index (χ0) is 21.1. The number of piperazine rings is 1. The molecular weight excluding hydrogens is 388 g/mol. The molecule has 0 N–H and O–H groups in total.